The van der Waals surface area contributed by atoms with E-state index >= 15 is 0 Å². The van der Waals surface area contributed by atoms with E-state index in [4.69, 9.17) is 18.9 Å². The Hall–Kier alpha value is -1.18. The maximum absolute atomic E-state index is 13.9. The molecule has 0 aliphatic carbocycles. The number of aliphatic hydroxyl groups excluding tert-OH is 2. The smallest absolute Gasteiger partial charge is 0.319 e. The second-order valence-electron chi connectivity index (χ2n) is 14.7. The maximum atomic E-state index is 13.9. The van der Waals surface area contributed by atoms with E-state index in [0.29, 0.717) is 25.3 Å². The zero-order chi connectivity index (χ0) is 32.8. The monoisotopic (exact) mass is 627 g/mol. The minimum absolute atomic E-state index is 0.0125. The summed E-state index contributed by atoms with van der Waals surface area (Å²) >= 11 is 0. The van der Waals surface area contributed by atoms with Gasteiger partial charge in [0.15, 0.2) is 12.1 Å². The van der Waals surface area contributed by atoms with Crippen LogP contribution in [-0.4, -0.2) is 147 Å². The van der Waals surface area contributed by atoms with E-state index in [1.807, 2.05) is 32.8 Å². The largest absolute Gasteiger partial charge is 0.463 e. The first-order chi connectivity index (χ1) is 20.6. The summed E-state index contributed by atoms with van der Waals surface area (Å²) in [5.74, 6) is -0.186. The molecule has 0 spiro atoms. The number of aliphatic hydroxyl groups is 2. The summed E-state index contributed by atoms with van der Waals surface area (Å²) in [6.45, 7) is 13.1. The molecule has 3 heterocycles. The third-order valence-electron chi connectivity index (χ3n) is 10.4. The molecule has 3 rings (SSSR count). The number of carbonyl (C=O) groups is 2. The summed E-state index contributed by atoms with van der Waals surface area (Å²) < 4.78 is 24.7. The third-order valence-corrected chi connectivity index (χ3v) is 10.4. The highest BCUT2D eigenvalue weighted by atomic mass is 16.7. The van der Waals surface area contributed by atoms with Crippen LogP contribution in [0.15, 0.2) is 0 Å². The van der Waals surface area contributed by atoms with E-state index < -0.39 is 35.5 Å². The van der Waals surface area contributed by atoms with Gasteiger partial charge in [-0.1, -0.05) is 6.92 Å². The fourth-order valence-corrected chi connectivity index (χ4v) is 7.20. The highest BCUT2D eigenvalue weighted by Gasteiger charge is 2.48. The molecule has 0 radical (unpaired) electrons. The van der Waals surface area contributed by atoms with E-state index in [9.17, 15) is 19.8 Å². The van der Waals surface area contributed by atoms with Gasteiger partial charge in [0.25, 0.3) is 0 Å². The number of hydrogen-bond donors (Lipinski definition) is 2. The predicted octanol–water partition coefficient (Wildman–Crippen LogP) is 2.17. The predicted molar refractivity (Wildman–Crippen MR) is 168 cm³/mol. The summed E-state index contributed by atoms with van der Waals surface area (Å²) in [4.78, 5) is 33.9. The minimum atomic E-state index is -1.39. The maximum Gasteiger partial charge on any atom is 0.319 e. The van der Waals surface area contributed by atoms with Gasteiger partial charge in [0.1, 0.15) is 18.1 Å². The van der Waals surface area contributed by atoms with Gasteiger partial charge in [-0.2, -0.15) is 0 Å². The molecule has 256 valence electrons. The van der Waals surface area contributed by atoms with Crippen LogP contribution in [0.1, 0.15) is 73.1 Å². The Balaban J connectivity index is 1.86. The fraction of sp³-hybridized carbons (Fsp3) is 0.939. The van der Waals surface area contributed by atoms with E-state index in [1.165, 1.54) is 0 Å². The molecule has 0 amide bonds. The van der Waals surface area contributed by atoms with Gasteiger partial charge >= 0.3 is 5.97 Å². The van der Waals surface area contributed by atoms with Crippen LogP contribution < -0.4 is 0 Å². The Kier molecular flexibility index (Phi) is 13.6. The molecule has 0 aromatic carbocycles. The number of hydrogen-bond acceptors (Lipinski definition) is 11. The summed E-state index contributed by atoms with van der Waals surface area (Å²) in [7, 11) is 7.55. The molecular formula is C33H61N3O8. The lowest BCUT2D eigenvalue weighted by Crippen LogP contribution is -2.57. The van der Waals surface area contributed by atoms with Crippen molar-refractivity contribution in [1.29, 1.82) is 0 Å². The number of Topliss-reactive ketones (excluding diaryl/α,β-unsaturated/α-hetero) is 1. The van der Waals surface area contributed by atoms with Crippen molar-refractivity contribution >= 4 is 11.8 Å². The van der Waals surface area contributed by atoms with Crippen LogP contribution in [0.4, 0.5) is 0 Å². The van der Waals surface area contributed by atoms with Gasteiger partial charge in [0.05, 0.1) is 24.4 Å². The topological polar surface area (TPSA) is 121 Å². The normalized spacial score (nSPS) is 37.7. The molecule has 8 atom stereocenters. The molecule has 11 heteroatoms. The van der Waals surface area contributed by atoms with Gasteiger partial charge in [-0.15, -0.1) is 0 Å². The van der Waals surface area contributed by atoms with Gasteiger partial charge in [-0.05, 0) is 106 Å². The summed E-state index contributed by atoms with van der Waals surface area (Å²) in [5, 5.41) is 20.5. The zero-order valence-electron chi connectivity index (χ0n) is 28.8. The standard InChI is InChI=1S/C33H61N3O8/c1-22-19-33(5,41-9)28(44-30-29(39)26(34(6)7)16-23(2)43-30)18-27(38)32(3,4)31(40)42-21-25(35(8)20-22)17-24-10-12-36(13-11-24)14-15-37/h22-26,28-30,37,39H,10-21H2,1-9H3/t22-,23-,25-,26+,28-,29-,30+,33-/m1/s1. The van der Waals surface area contributed by atoms with Crippen LogP contribution in [0, 0.1) is 17.3 Å². The van der Waals surface area contributed by atoms with Crippen LogP contribution in [0.3, 0.4) is 0 Å². The first-order valence-corrected chi connectivity index (χ1v) is 16.6. The highest BCUT2D eigenvalue weighted by molar-refractivity contribution is 6.03. The van der Waals surface area contributed by atoms with E-state index in [1.54, 1.807) is 21.0 Å². The van der Waals surface area contributed by atoms with Crippen LogP contribution in [0.5, 0.6) is 0 Å². The molecule has 3 aliphatic heterocycles. The quantitative estimate of drug-likeness (QED) is 0.304. The second-order valence-corrected chi connectivity index (χ2v) is 14.7. The molecular weight excluding hydrogens is 566 g/mol. The Labute approximate surface area is 265 Å². The molecule has 3 saturated heterocycles. The Morgan fingerprint density at radius 1 is 1.11 bits per heavy atom. The Bertz CT molecular complexity index is 927. The van der Waals surface area contributed by atoms with E-state index in [0.717, 1.165) is 38.9 Å². The number of ketones is 1. The van der Waals surface area contributed by atoms with Gasteiger partial charge in [-0.3, -0.25) is 14.5 Å². The molecule has 0 unspecified atom stereocenters. The number of likely N-dealkylation sites (N-methyl/N-ethyl adjacent to an activating group) is 2. The van der Waals surface area contributed by atoms with E-state index in [-0.39, 0.29) is 49.5 Å². The number of rotatable bonds is 8. The van der Waals surface area contributed by atoms with Crippen molar-refractivity contribution in [3.8, 4) is 0 Å². The van der Waals surface area contributed by atoms with Crippen LogP contribution in [-0.2, 0) is 28.5 Å². The number of carbonyl (C=O) groups excluding carboxylic acids is 2. The lowest BCUT2D eigenvalue weighted by atomic mass is 9.79. The third kappa shape index (κ3) is 9.44. The first kappa shape index (κ1) is 37.3. The molecule has 0 aromatic rings. The fourth-order valence-electron chi connectivity index (χ4n) is 7.20. The molecule has 44 heavy (non-hydrogen) atoms. The van der Waals surface area contributed by atoms with Crippen molar-refractivity contribution in [2.75, 3.05) is 67.6 Å². The summed E-state index contributed by atoms with van der Waals surface area (Å²) in [6.07, 6.45) is 1.37. The summed E-state index contributed by atoms with van der Waals surface area (Å²) in [6, 6.07) is -0.153. The van der Waals surface area contributed by atoms with Gasteiger partial charge in [0.2, 0.25) is 0 Å². The highest BCUT2D eigenvalue weighted by Crippen LogP contribution is 2.36. The second kappa shape index (κ2) is 16.1. The number of likely N-dealkylation sites (tertiary alicyclic amines) is 1. The van der Waals surface area contributed by atoms with Crippen LogP contribution in [0.25, 0.3) is 0 Å². The van der Waals surface area contributed by atoms with Crippen molar-refractivity contribution in [3.05, 3.63) is 0 Å². The van der Waals surface area contributed by atoms with Crippen molar-refractivity contribution in [2.45, 2.75) is 115 Å². The zero-order valence-corrected chi connectivity index (χ0v) is 28.8. The molecule has 0 bridgehead atoms. The van der Waals surface area contributed by atoms with Gasteiger partial charge < -0.3 is 39.0 Å². The lowest BCUT2D eigenvalue weighted by Gasteiger charge is -2.45. The Morgan fingerprint density at radius 2 is 1.77 bits per heavy atom. The molecule has 11 nitrogen and oxygen atoms in total. The van der Waals surface area contributed by atoms with Crippen molar-refractivity contribution in [2.24, 2.45) is 17.3 Å². The molecule has 0 aromatic heterocycles. The number of cyclic esters (lactones) is 1. The molecule has 3 aliphatic rings. The lowest BCUT2D eigenvalue weighted by molar-refractivity contribution is -0.289. The SMILES string of the molecule is CO[C@]1(C)C[C@@H](C)CN(C)[C@H](CC2CCN(CCO)CC2)COC(=O)C(C)(C)C(=O)C[C@H]1O[C@@H]1O[C@H](C)C[C@H](N(C)C)[C@H]1O. The first-order valence-electron chi connectivity index (χ1n) is 16.6. The van der Waals surface area contributed by atoms with E-state index in [2.05, 4.69) is 23.8 Å². The van der Waals surface area contributed by atoms with Crippen molar-refractivity contribution in [1.82, 2.24) is 14.7 Å². The molecule has 2 N–H and O–H groups in total. The average Bonchev–Trinajstić information content (AvgIpc) is 2.96. The average molecular weight is 628 g/mol. The van der Waals surface area contributed by atoms with Crippen LogP contribution in [0.2, 0.25) is 0 Å². The van der Waals surface area contributed by atoms with Crippen molar-refractivity contribution in [3.63, 3.8) is 0 Å². The number of nitrogens with zero attached hydrogens (tertiary/aromatic N) is 3. The van der Waals surface area contributed by atoms with Crippen molar-refractivity contribution < 1.29 is 38.7 Å². The number of esters is 1. The van der Waals surface area contributed by atoms with Gasteiger partial charge in [0, 0.05) is 38.7 Å². The molecule has 0 saturated carbocycles. The molecule has 3 fully saturated rings. The number of piperidine rings is 1. The number of β-amino-alcohol motifs (C(OH)–C–C–N with tert-alkyl or cyclic N) is 1. The van der Waals surface area contributed by atoms with Crippen LogP contribution >= 0.6 is 0 Å². The minimum Gasteiger partial charge on any atom is -0.463 e. The number of methoxy groups -OCH3 is 1. The summed E-state index contributed by atoms with van der Waals surface area (Å²) in [5.41, 5.74) is -2.28. The van der Waals surface area contributed by atoms with Gasteiger partial charge in [-0.25, -0.2) is 0 Å². The number of ether oxygens (including phenoxy) is 4. The Morgan fingerprint density at radius 3 is 2.36 bits per heavy atom.